The van der Waals surface area contributed by atoms with Crippen molar-refractivity contribution in [1.82, 2.24) is 14.5 Å². The first-order valence-electron chi connectivity index (χ1n) is 7.79. The molecule has 3 aromatic rings. The van der Waals surface area contributed by atoms with Crippen molar-refractivity contribution in [2.45, 2.75) is 12.6 Å². The van der Waals surface area contributed by atoms with Gasteiger partial charge in [0.25, 0.3) is 0 Å². The van der Waals surface area contributed by atoms with Crippen LogP contribution in [0.4, 0.5) is 0 Å². The van der Waals surface area contributed by atoms with Gasteiger partial charge in [-0.15, -0.1) is 0 Å². The Kier molecular flexibility index (Phi) is 3.98. The number of benzene rings is 1. The maximum atomic E-state index is 12.4. The number of ether oxygens (including phenoxy) is 1. The first kappa shape index (κ1) is 15.2. The molecule has 122 valence electrons. The van der Waals surface area contributed by atoms with E-state index in [1.807, 2.05) is 52.1 Å². The van der Waals surface area contributed by atoms with Gasteiger partial charge in [0, 0.05) is 17.9 Å². The molecule has 0 unspecified atom stereocenters. The Hall–Kier alpha value is -2.34. The van der Waals surface area contributed by atoms with Gasteiger partial charge in [-0.3, -0.25) is 4.79 Å². The summed E-state index contributed by atoms with van der Waals surface area (Å²) in [5, 5.41) is 1.15. The molecule has 3 heterocycles. The van der Waals surface area contributed by atoms with Crippen molar-refractivity contribution >= 4 is 32.7 Å². The van der Waals surface area contributed by atoms with E-state index in [0.717, 1.165) is 15.4 Å². The number of fused-ring (bicyclic) bond motifs is 1. The number of nitrogens with zero attached hydrogens (tertiary/aromatic N) is 3. The van der Waals surface area contributed by atoms with Crippen molar-refractivity contribution < 1.29 is 9.53 Å². The summed E-state index contributed by atoms with van der Waals surface area (Å²) in [6.07, 6.45) is 3.65. The van der Waals surface area contributed by atoms with Crippen LogP contribution in [0.3, 0.4) is 0 Å². The molecule has 0 spiro atoms. The molecule has 1 amide bonds. The molecular weight excluding hydrogens is 370 g/mol. The van der Waals surface area contributed by atoms with Crippen molar-refractivity contribution in [3.63, 3.8) is 0 Å². The zero-order chi connectivity index (χ0) is 16.5. The molecule has 0 bridgehead atoms. The van der Waals surface area contributed by atoms with Gasteiger partial charge in [-0.2, -0.15) is 0 Å². The first-order chi connectivity index (χ1) is 11.7. The van der Waals surface area contributed by atoms with E-state index >= 15 is 0 Å². The minimum Gasteiger partial charge on any atom is -0.470 e. The lowest BCUT2D eigenvalue weighted by Crippen LogP contribution is -2.57. The van der Waals surface area contributed by atoms with Crippen LogP contribution in [0.5, 0.6) is 5.88 Å². The third kappa shape index (κ3) is 2.89. The molecule has 1 fully saturated rings. The summed E-state index contributed by atoms with van der Waals surface area (Å²) in [6, 6.07) is 13.8. The van der Waals surface area contributed by atoms with Gasteiger partial charge in [-0.1, -0.05) is 18.2 Å². The van der Waals surface area contributed by atoms with E-state index in [4.69, 9.17) is 4.74 Å². The standard InChI is InChI=1S/C18H16BrN3O2/c19-15-5-3-8-20-18(15)24-14-10-22(11-14)17(23)12-21-9-7-13-4-1-2-6-16(13)21/h1-9,14H,10-12H2. The average Bonchev–Trinajstić information content (AvgIpc) is 2.95. The van der Waals surface area contributed by atoms with E-state index < -0.39 is 0 Å². The Morgan fingerprint density at radius 2 is 2.04 bits per heavy atom. The number of likely N-dealkylation sites (tertiary alicyclic amines) is 1. The minimum atomic E-state index is 0.00144. The van der Waals surface area contributed by atoms with Crippen LogP contribution >= 0.6 is 15.9 Å². The fourth-order valence-electron chi connectivity index (χ4n) is 2.86. The molecule has 1 saturated heterocycles. The van der Waals surface area contributed by atoms with E-state index in [9.17, 15) is 4.79 Å². The number of carbonyl (C=O) groups is 1. The van der Waals surface area contributed by atoms with Gasteiger partial charge in [0.05, 0.1) is 17.6 Å². The molecule has 0 saturated carbocycles. The van der Waals surface area contributed by atoms with Gasteiger partial charge in [-0.25, -0.2) is 4.98 Å². The molecule has 6 heteroatoms. The highest BCUT2D eigenvalue weighted by atomic mass is 79.9. The lowest BCUT2D eigenvalue weighted by atomic mass is 10.1. The normalized spacial score (nSPS) is 14.6. The molecule has 24 heavy (non-hydrogen) atoms. The molecule has 4 rings (SSSR count). The number of halogens is 1. The molecule has 0 aliphatic carbocycles. The van der Waals surface area contributed by atoms with E-state index in [2.05, 4.69) is 27.0 Å². The Bertz CT molecular complexity index is 887. The Balaban J connectivity index is 1.35. The topological polar surface area (TPSA) is 47.4 Å². The largest absolute Gasteiger partial charge is 0.470 e. The predicted octanol–water partition coefficient (Wildman–Crippen LogP) is 3.09. The number of amides is 1. The highest BCUT2D eigenvalue weighted by Gasteiger charge is 2.32. The summed E-state index contributed by atoms with van der Waals surface area (Å²) in [6.45, 7) is 1.55. The summed E-state index contributed by atoms with van der Waals surface area (Å²) < 4.78 is 8.62. The van der Waals surface area contributed by atoms with Gasteiger partial charge < -0.3 is 14.2 Å². The van der Waals surface area contributed by atoms with Gasteiger partial charge in [0.15, 0.2) is 0 Å². The van der Waals surface area contributed by atoms with Crippen LogP contribution in [0.1, 0.15) is 0 Å². The Morgan fingerprint density at radius 1 is 1.21 bits per heavy atom. The number of rotatable bonds is 4. The SMILES string of the molecule is O=C(Cn1ccc2ccccc21)N1CC(Oc2ncccc2Br)C1. The van der Waals surface area contributed by atoms with E-state index in [-0.39, 0.29) is 12.0 Å². The highest BCUT2D eigenvalue weighted by Crippen LogP contribution is 2.24. The second-order valence-corrected chi connectivity index (χ2v) is 6.69. The van der Waals surface area contributed by atoms with Crippen molar-refractivity contribution in [3.8, 4) is 5.88 Å². The maximum Gasteiger partial charge on any atom is 0.242 e. The smallest absolute Gasteiger partial charge is 0.242 e. The van der Waals surface area contributed by atoms with Gasteiger partial charge >= 0.3 is 0 Å². The molecular formula is C18H16BrN3O2. The van der Waals surface area contributed by atoms with Crippen LogP contribution < -0.4 is 4.74 Å². The van der Waals surface area contributed by atoms with E-state index in [1.165, 1.54) is 0 Å². The molecule has 5 nitrogen and oxygen atoms in total. The van der Waals surface area contributed by atoms with E-state index in [0.29, 0.717) is 25.5 Å². The van der Waals surface area contributed by atoms with Crippen molar-refractivity contribution in [2.75, 3.05) is 13.1 Å². The first-order valence-corrected chi connectivity index (χ1v) is 8.59. The van der Waals surface area contributed by atoms with Crippen LogP contribution in [0.15, 0.2) is 59.3 Å². The maximum absolute atomic E-state index is 12.4. The Morgan fingerprint density at radius 3 is 2.88 bits per heavy atom. The third-order valence-electron chi connectivity index (χ3n) is 4.19. The summed E-state index contributed by atoms with van der Waals surface area (Å²) >= 11 is 3.41. The summed E-state index contributed by atoms with van der Waals surface area (Å²) in [4.78, 5) is 18.4. The lowest BCUT2D eigenvalue weighted by Gasteiger charge is -2.38. The number of carbonyl (C=O) groups excluding carboxylic acids is 1. The van der Waals surface area contributed by atoms with Crippen LogP contribution in [0, 0.1) is 0 Å². The molecule has 0 atom stereocenters. The zero-order valence-corrected chi connectivity index (χ0v) is 14.5. The van der Waals surface area contributed by atoms with Crippen LogP contribution in [-0.4, -0.2) is 39.6 Å². The number of para-hydroxylation sites is 1. The molecule has 1 aromatic carbocycles. The number of hydrogen-bond donors (Lipinski definition) is 0. The molecule has 0 radical (unpaired) electrons. The highest BCUT2D eigenvalue weighted by molar-refractivity contribution is 9.10. The average molecular weight is 386 g/mol. The molecule has 1 aliphatic heterocycles. The fourth-order valence-corrected chi connectivity index (χ4v) is 3.20. The van der Waals surface area contributed by atoms with Crippen molar-refractivity contribution in [3.05, 3.63) is 59.3 Å². The van der Waals surface area contributed by atoms with Gasteiger partial charge in [-0.05, 0) is 45.6 Å². The predicted molar refractivity (Wildman–Crippen MR) is 94.9 cm³/mol. The Labute approximate surface area is 148 Å². The quantitative estimate of drug-likeness (QED) is 0.693. The fraction of sp³-hybridized carbons (Fsp3) is 0.222. The number of hydrogen-bond acceptors (Lipinski definition) is 3. The van der Waals surface area contributed by atoms with Crippen LogP contribution in [0.2, 0.25) is 0 Å². The third-order valence-corrected chi connectivity index (χ3v) is 4.79. The monoisotopic (exact) mass is 385 g/mol. The summed E-state index contributed by atoms with van der Waals surface area (Å²) in [7, 11) is 0. The second kappa shape index (κ2) is 6.28. The molecule has 2 aromatic heterocycles. The van der Waals surface area contributed by atoms with E-state index in [1.54, 1.807) is 6.20 Å². The van der Waals surface area contributed by atoms with Gasteiger partial charge in [0.2, 0.25) is 11.8 Å². The molecule has 0 N–H and O–H groups in total. The number of aromatic nitrogens is 2. The number of pyridine rings is 1. The molecule has 1 aliphatic rings. The lowest BCUT2D eigenvalue weighted by molar-refractivity contribution is -0.140. The van der Waals surface area contributed by atoms with Crippen LogP contribution in [0.25, 0.3) is 10.9 Å². The minimum absolute atomic E-state index is 0.00144. The summed E-state index contributed by atoms with van der Waals surface area (Å²) in [5.41, 5.74) is 1.08. The van der Waals surface area contributed by atoms with Crippen LogP contribution in [-0.2, 0) is 11.3 Å². The zero-order valence-electron chi connectivity index (χ0n) is 12.9. The summed E-state index contributed by atoms with van der Waals surface area (Å²) in [5.74, 6) is 0.683. The van der Waals surface area contributed by atoms with Crippen molar-refractivity contribution in [1.29, 1.82) is 0 Å². The van der Waals surface area contributed by atoms with Gasteiger partial charge in [0.1, 0.15) is 12.6 Å². The van der Waals surface area contributed by atoms with Crippen molar-refractivity contribution in [2.24, 2.45) is 0 Å². The second-order valence-electron chi connectivity index (χ2n) is 5.83.